The predicted octanol–water partition coefficient (Wildman–Crippen LogP) is -0.279. The Hall–Kier alpha value is -0.963. The summed E-state index contributed by atoms with van der Waals surface area (Å²) in [5, 5.41) is 18.0. The third-order valence-corrected chi connectivity index (χ3v) is 2.58. The summed E-state index contributed by atoms with van der Waals surface area (Å²) in [6, 6.07) is 0.343. The minimum Gasteiger partial charge on any atom is -0.380 e. The largest absolute Gasteiger partial charge is 0.380 e. The van der Waals surface area contributed by atoms with Crippen LogP contribution in [0, 0.1) is 23.3 Å². The molecule has 8 heteroatoms. The summed E-state index contributed by atoms with van der Waals surface area (Å²) in [4.78, 5) is 0. The van der Waals surface area contributed by atoms with Gasteiger partial charge in [0.2, 0.25) is 0 Å². The van der Waals surface area contributed by atoms with E-state index in [1.165, 1.54) is 0 Å². The molecule has 0 aliphatic carbocycles. The highest BCUT2D eigenvalue weighted by atomic mass is 28.2. The molecule has 0 atom stereocenters. The standard InChI is InChI=1S/C8H8F4O3Si/c9-4-1-3(2-8(13,14)15-16)5(10)7(12)6(4)11/h1,13-14H,2H2,16H3. The van der Waals surface area contributed by atoms with Crippen LogP contribution in [0.15, 0.2) is 6.07 Å². The van der Waals surface area contributed by atoms with E-state index in [-0.39, 0.29) is 10.5 Å². The van der Waals surface area contributed by atoms with Crippen molar-refractivity contribution in [2.75, 3.05) is 0 Å². The minimum atomic E-state index is -2.72. The third-order valence-electron chi connectivity index (χ3n) is 1.93. The van der Waals surface area contributed by atoms with Gasteiger partial charge in [0.1, 0.15) is 0 Å². The Labute approximate surface area is 90.8 Å². The zero-order valence-electron chi connectivity index (χ0n) is 8.10. The SMILES string of the molecule is OC(O)(Cc1cc(F)c(F)c(F)c1F)O[SiH3]. The van der Waals surface area contributed by atoms with Crippen LogP contribution in [0.2, 0.25) is 0 Å². The highest BCUT2D eigenvalue weighted by molar-refractivity contribution is 5.98. The van der Waals surface area contributed by atoms with E-state index in [0.717, 1.165) is 0 Å². The molecule has 16 heavy (non-hydrogen) atoms. The van der Waals surface area contributed by atoms with Gasteiger partial charge >= 0.3 is 0 Å². The van der Waals surface area contributed by atoms with Crippen molar-refractivity contribution >= 4 is 10.5 Å². The van der Waals surface area contributed by atoms with Crippen LogP contribution >= 0.6 is 0 Å². The lowest BCUT2D eigenvalue weighted by Gasteiger charge is -2.20. The summed E-state index contributed by atoms with van der Waals surface area (Å²) in [5.74, 6) is -9.96. The molecule has 3 nitrogen and oxygen atoms in total. The first-order valence-corrected chi connectivity index (χ1v) is 4.92. The molecule has 0 aliphatic heterocycles. The average molecular weight is 256 g/mol. The van der Waals surface area contributed by atoms with Gasteiger partial charge in [-0.05, 0) is 6.07 Å². The number of halogens is 4. The molecule has 0 radical (unpaired) electrons. The van der Waals surface area contributed by atoms with Crippen molar-refractivity contribution in [3.8, 4) is 0 Å². The van der Waals surface area contributed by atoms with Crippen LogP contribution in [-0.2, 0) is 10.8 Å². The highest BCUT2D eigenvalue weighted by Gasteiger charge is 2.27. The molecule has 2 N–H and O–H groups in total. The summed E-state index contributed by atoms with van der Waals surface area (Å²) in [7, 11) is -0.0834. The first kappa shape index (κ1) is 13.1. The molecule has 0 aromatic heterocycles. The summed E-state index contributed by atoms with van der Waals surface area (Å²) >= 11 is 0. The summed E-state index contributed by atoms with van der Waals surface area (Å²) in [6.07, 6.45) is -0.906. The van der Waals surface area contributed by atoms with E-state index in [2.05, 4.69) is 4.43 Å². The van der Waals surface area contributed by atoms with Crippen LogP contribution in [0.1, 0.15) is 5.56 Å². The molecule has 0 saturated carbocycles. The van der Waals surface area contributed by atoms with E-state index in [9.17, 15) is 17.6 Å². The molecule has 0 saturated heterocycles. The Bertz CT molecular complexity index is 411. The molecule has 1 aromatic rings. The molecule has 0 unspecified atom stereocenters. The van der Waals surface area contributed by atoms with Gasteiger partial charge in [-0.3, -0.25) is 0 Å². The molecule has 1 rings (SSSR count). The average Bonchev–Trinajstić information content (AvgIpc) is 2.22. The van der Waals surface area contributed by atoms with E-state index < -0.39 is 41.2 Å². The molecular weight excluding hydrogens is 248 g/mol. The van der Waals surface area contributed by atoms with E-state index >= 15 is 0 Å². The van der Waals surface area contributed by atoms with Crippen molar-refractivity contribution in [2.24, 2.45) is 0 Å². The molecular formula is C8H8F4O3Si. The maximum atomic E-state index is 13.1. The predicted molar refractivity (Wildman–Crippen MR) is 48.2 cm³/mol. The fraction of sp³-hybridized carbons (Fsp3) is 0.250. The van der Waals surface area contributed by atoms with E-state index in [1.54, 1.807) is 0 Å². The zero-order chi connectivity index (χ0) is 12.5. The normalized spacial score (nSPS) is 12.1. The fourth-order valence-electron chi connectivity index (χ4n) is 1.07. The van der Waals surface area contributed by atoms with Gasteiger partial charge in [0.25, 0.3) is 5.97 Å². The Morgan fingerprint density at radius 3 is 2.19 bits per heavy atom. The van der Waals surface area contributed by atoms with Gasteiger partial charge in [-0.2, -0.15) is 0 Å². The first-order valence-electron chi connectivity index (χ1n) is 4.10. The molecule has 0 spiro atoms. The first-order chi connectivity index (χ1) is 7.28. The number of hydrogen-bond donors (Lipinski definition) is 2. The maximum Gasteiger partial charge on any atom is 0.271 e. The monoisotopic (exact) mass is 256 g/mol. The van der Waals surface area contributed by atoms with Gasteiger partial charge in [-0.1, -0.05) is 0 Å². The molecule has 90 valence electrons. The van der Waals surface area contributed by atoms with E-state index in [1.807, 2.05) is 0 Å². The van der Waals surface area contributed by atoms with Crippen LogP contribution in [-0.4, -0.2) is 26.7 Å². The lowest BCUT2D eigenvalue weighted by molar-refractivity contribution is -0.290. The Balaban J connectivity index is 3.16. The van der Waals surface area contributed by atoms with Gasteiger partial charge in [0, 0.05) is 5.56 Å². The molecule has 0 amide bonds. The van der Waals surface area contributed by atoms with Crippen molar-refractivity contribution in [3.05, 3.63) is 34.9 Å². The van der Waals surface area contributed by atoms with Crippen molar-refractivity contribution < 1.29 is 32.2 Å². The van der Waals surface area contributed by atoms with Crippen LogP contribution in [0.25, 0.3) is 0 Å². The quantitative estimate of drug-likeness (QED) is 0.257. The summed E-state index contributed by atoms with van der Waals surface area (Å²) in [5.41, 5.74) is -0.725. The lowest BCUT2D eigenvalue weighted by Crippen LogP contribution is -2.34. The highest BCUT2D eigenvalue weighted by Crippen LogP contribution is 2.21. The van der Waals surface area contributed by atoms with Crippen molar-refractivity contribution in [1.29, 1.82) is 0 Å². The second kappa shape index (κ2) is 4.50. The van der Waals surface area contributed by atoms with E-state index in [0.29, 0.717) is 6.07 Å². The number of aliphatic hydroxyl groups is 2. The zero-order valence-corrected chi connectivity index (χ0v) is 10.1. The van der Waals surface area contributed by atoms with E-state index in [4.69, 9.17) is 10.2 Å². The second-order valence-electron chi connectivity index (χ2n) is 3.08. The smallest absolute Gasteiger partial charge is 0.271 e. The van der Waals surface area contributed by atoms with Crippen molar-refractivity contribution in [3.63, 3.8) is 0 Å². The van der Waals surface area contributed by atoms with Crippen LogP contribution in [0.3, 0.4) is 0 Å². The van der Waals surface area contributed by atoms with Gasteiger partial charge in [0.05, 0.1) is 6.42 Å². The molecule has 0 aliphatic rings. The maximum absolute atomic E-state index is 13.1. The number of rotatable bonds is 3. The van der Waals surface area contributed by atoms with Crippen LogP contribution in [0.4, 0.5) is 17.6 Å². The Kier molecular flexibility index (Phi) is 3.68. The second-order valence-corrected chi connectivity index (χ2v) is 3.49. The third kappa shape index (κ3) is 2.58. The van der Waals surface area contributed by atoms with Gasteiger partial charge in [-0.15, -0.1) is 0 Å². The summed E-state index contributed by atoms with van der Waals surface area (Å²) < 4.78 is 55.3. The van der Waals surface area contributed by atoms with Gasteiger partial charge in [0.15, 0.2) is 33.8 Å². The minimum absolute atomic E-state index is 0.0834. The Morgan fingerprint density at radius 1 is 1.12 bits per heavy atom. The number of hydrogen-bond acceptors (Lipinski definition) is 3. The topological polar surface area (TPSA) is 49.7 Å². The fourth-order valence-corrected chi connectivity index (χ4v) is 1.22. The van der Waals surface area contributed by atoms with Crippen molar-refractivity contribution in [1.82, 2.24) is 0 Å². The Morgan fingerprint density at radius 2 is 1.69 bits per heavy atom. The lowest BCUT2D eigenvalue weighted by atomic mass is 10.1. The van der Waals surface area contributed by atoms with Crippen molar-refractivity contribution in [2.45, 2.75) is 12.4 Å². The molecule has 0 bridgehead atoms. The van der Waals surface area contributed by atoms with Gasteiger partial charge in [-0.25, -0.2) is 17.6 Å². The molecule has 1 aromatic carbocycles. The molecule has 0 fully saturated rings. The molecule has 0 heterocycles. The number of benzene rings is 1. The van der Waals surface area contributed by atoms with Gasteiger partial charge < -0.3 is 14.6 Å². The van der Waals surface area contributed by atoms with Crippen LogP contribution < -0.4 is 0 Å². The summed E-state index contributed by atoms with van der Waals surface area (Å²) in [6.45, 7) is 0. The van der Waals surface area contributed by atoms with Crippen LogP contribution in [0.5, 0.6) is 0 Å².